The lowest BCUT2D eigenvalue weighted by Gasteiger charge is -2.24. The zero-order valence-electron chi connectivity index (χ0n) is 62.3. The summed E-state index contributed by atoms with van der Waals surface area (Å²) in [5.74, 6) is -0.807. The summed E-state index contributed by atoms with van der Waals surface area (Å²) in [6, 6.07) is 0. The van der Waals surface area contributed by atoms with E-state index in [0.717, 1.165) is 135 Å². The Morgan fingerprint density at radius 2 is 0.562 bits per heavy atom. The third-order valence-corrected chi connectivity index (χ3v) is 17.2. The first-order valence-corrected chi connectivity index (χ1v) is 40.4. The maximum absolute atomic E-state index is 12.9. The fourth-order valence-electron chi connectivity index (χ4n) is 10.4. The van der Waals surface area contributed by atoms with Gasteiger partial charge in [-0.3, -0.25) is 18.6 Å². The van der Waals surface area contributed by atoms with Crippen LogP contribution in [0.25, 0.3) is 0 Å². The van der Waals surface area contributed by atoms with Gasteiger partial charge in [0.1, 0.15) is 19.8 Å². The SMILES string of the molecule is CC/C=C\C/C=C\C/C=C\C/C=C\C/C=C\C/C=C\C/C=C\C/C=C\CCCCCCCCCCC(=O)OC(COC(=O)CCCCCCCCCCCCCCCCCCCCCC/C=C\C/C=C\C/C=C\C/C=C\C/C=C\C/C=C\CC)COP(=O)(O)OCC[N+](C)(C)C. The van der Waals surface area contributed by atoms with Crippen LogP contribution in [0.1, 0.15) is 309 Å². The Hall–Kier alpha value is -4.63. The Morgan fingerprint density at radius 3 is 0.833 bits per heavy atom. The second-order valence-electron chi connectivity index (χ2n) is 26.6. The van der Waals surface area contributed by atoms with Crippen LogP contribution in [0.5, 0.6) is 0 Å². The first-order chi connectivity index (χ1) is 47.0. The average Bonchev–Trinajstić information content (AvgIpc) is 1.48. The molecule has 1 N–H and O–H groups in total. The lowest BCUT2D eigenvalue weighted by Crippen LogP contribution is -2.37. The number of hydrogen-bond donors (Lipinski definition) is 1. The number of hydrogen-bond acceptors (Lipinski definition) is 7. The van der Waals surface area contributed by atoms with Gasteiger partial charge in [0.15, 0.2) is 6.10 Å². The Labute approximate surface area is 591 Å². The number of esters is 2. The van der Waals surface area contributed by atoms with E-state index in [9.17, 15) is 19.0 Å². The molecule has 0 fully saturated rings. The molecule has 2 unspecified atom stereocenters. The molecule has 10 heteroatoms. The molecule has 0 saturated carbocycles. The molecule has 0 aliphatic carbocycles. The molecule has 0 aromatic heterocycles. The van der Waals surface area contributed by atoms with Gasteiger partial charge < -0.3 is 18.9 Å². The second-order valence-corrected chi connectivity index (χ2v) is 28.1. The molecule has 0 rings (SSSR count). The Morgan fingerprint density at radius 1 is 0.323 bits per heavy atom. The monoisotopic (exact) mass is 1350 g/mol. The normalized spacial score (nSPS) is 14.0. The average molecular weight is 1350 g/mol. The summed E-state index contributed by atoms with van der Waals surface area (Å²) in [5.41, 5.74) is 0. The van der Waals surface area contributed by atoms with Crippen molar-refractivity contribution in [2.45, 2.75) is 315 Å². The second kappa shape index (κ2) is 74.6. The predicted octanol–water partition coefficient (Wildman–Crippen LogP) is 26.1. The summed E-state index contributed by atoms with van der Waals surface area (Å²) in [4.78, 5) is 36.0. The van der Waals surface area contributed by atoms with E-state index in [1.54, 1.807) is 0 Å². The number of rotatable bonds is 70. The minimum absolute atomic E-state index is 0.0234. The number of phosphoric ester groups is 1. The lowest BCUT2D eigenvalue weighted by atomic mass is 10.0. The summed E-state index contributed by atoms with van der Waals surface area (Å²) in [6.45, 7) is 4.20. The molecule has 96 heavy (non-hydrogen) atoms. The van der Waals surface area contributed by atoms with Crippen molar-refractivity contribution in [1.82, 2.24) is 0 Å². The predicted molar refractivity (Wildman–Crippen MR) is 417 cm³/mol. The molecule has 9 nitrogen and oxygen atoms in total. The first kappa shape index (κ1) is 91.4. The number of phosphoric acid groups is 1. The van der Waals surface area contributed by atoms with Gasteiger partial charge in [0.05, 0.1) is 27.7 Å². The number of ether oxygens (including phenoxy) is 2. The van der Waals surface area contributed by atoms with Crippen LogP contribution in [0, 0.1) is 0 Å². The van der Waals surface area contributed by atoms with Crippen LogP contribution < -0.4 is 0 Å². The standard InChI is InChI=1S/C86H144NO8P/c1-6-8-10-12-14-16-18-20-22-24-26-28-30-32-34-36-38-40-41-42-43-44-45-47-48-50-52-54-56-58-60-62-64-66-68-70-72-74-76-78-85(88)92-82-84(83-94-96(90,91)93-81-80-87(3,4)5)95-86(89)79-77-75-73-71-69-67-65-63-61-59-57-55-53-51-49-46-39-37-35-33-31-29-27-25-23-21-19-17-15-13-11-9-7-2/h8-11,14-17,20-23,26-29,32-35,38-40,46,51,53,57,59,84H,6-7,12-13,18-19,24-25,30-31,36-37,41-45,47-50,52,54-56,58,60-83H2,1-5H3/p+1/b10-8-,11-9-,16-14-,17-15-,22-20-,23-21-,28-26-,29-27-,34-32-,35-33-,40-38-,46-39-,53-51-,59-57-. The highest BCUT2D eigenvalue weighted by Crippen LogP contribution is 2.43. The summed E-state index contributed by atoms with van der Waals surface area (Å²) < 4.78 is 34.8. The number of carbonyl (C=O) groups excluding carboxylic acids is 2. The van der Waals surface area contributed by atoms with E-state index in [1.165, 1.54) is 141 Å². The number of quaternary nitrogens is 1. The van der Waals surface area contributed by atoms with Crippen LogP contribution in [-0.2, 0) is 32.7 Å². The Kier molecular flexibility index (Phi) is 71.0. The van der Waals surface area contributed by atoms with E-state index < -0.39 is 26.5 Å². The highest BCUT2D eigenvalue weighted by Gasteiger charge is 2.27. The van der Waals surface area contributed by atoms with Crippen molar-refractivity contribution in [1.29, 1.82) is 0 Å². The quantitative estimate of drug-likeness (QED) is 0.0211. The van der Waals surface area contributed by atoms with Crippen molar-refractivity contribution in [3.8, 4) is 0 Å². The minimum Gasteiger partial charge on any atom is -0.462 e. The maximum atomic E-state index is 12.9. The van der Waals surface area contributed by atoms with Crippen LogP contribution in [-0.4, -0.2) is 74.9 Å². The highest BCUT2D eigenvalue weighted by molar-refractivity contribution is 7.47. The van der Waals surface area contributed by atoms with Crippen molar-refractivity contribution >= 4 is 19.8 Å². The van der Waals surface area contributed by atoms with Gasteiger partial charge in [-0.2, -0.15) is 0 Å². The zero-order valence-corrected chi connectivity index (χ0v) is 63.2. The highest BCUT2D eigenvalue weighted by atomic mass is 31.2. The van der Waals surface area contributed by atoms with Crippen molar-refractivity contribution in [3.05, 3.63) is 170 Å². The van der Waals surface area contributed by atoms with E-state index in [1.807, 2.05) is 21.1 Å². The topological polar surface area (TPSA) is 108 Å². The molecule has 0 saturated heterocycles. The Bertz CT molecular complexity index is 2230. The van der Waals surface area contributed by atoms with Crippen molar-refractivity contribution < 1.29 is 42.1 Å². The van der Waals surface area contributed by atoms with Gasteiger partial charge >= 0.3 is 19.8 Å². The molecule has 0 aromatic carbocycles. The molecule has 2 atom stereocenters. The van der Waals surface area contributed by atoms with Crippen molar-refractivity contribution in [3.63, 3.8) is 0 Å². The third-order valence-electron chi connectivity index (χ3n) is 16.2. The fraction of sp³-hybridized carbons (Fsp3) is 0.651. The largest absolute Gasteiger partial charge is 0.472 e. The van der Waals surface area contributed by atoms with E-state index in [4.69, 9.17) is 18.5 Å². The van der Waals surface area contributed by atoms with E-state index in [-0.39, 0.29) is 32.0 Å². The zero-order chi connectivity index (χ0) is 69.7. The molecular weight excluding hydrogens is 1210 g/mol. The smallest absolute Gasteiger partial charge is 0.462 e. The van der Waals surface area contributed by atoms with Gasteiger partial charge in [0.25, 0.3) is 0 Å². The third kappa shape index (κ3) is 78.4. The van der Waals surface area contributed by atoms with Crippen LogP contribution in [0.15, 0.2) is 170 Å². The summed E-state index contributed by atoms with van der Waals surface area (Å²) >= 11 is 0. The van der Waals surface area contributed by atoms with Gasteiger partial charge in [-0.1, -0.05) is 338 Å². The van der Waals surface area contributed by atoms with Gasteiger partial charge in [-0.05, 0) is 128 Å². The van der Waals surface area contributed by atoms with Crippen LogP contribution in [0.2, 0.25) is 0 Å². The minimum atomic E-state index is -4.41. The van der Waals surface area contributed by atoms with Gasteiger partial charge in [-0.25, -0.2) is 4.57 Å². The van der Waals surface area contributed by atoms with E-state index >= 15 is 0 Å². The van der Waals surface area contributed by atoms with Crippen LogP contribution in [0.3, 0.4) is 0 Å². The first-order valence-electron chi connectivity index (χ1n) is 38.9. The van der Waals surface area contributed by atoms with Crippen LogP contribution in [0.4, 0.5) is 0 Å². The molecule has 546 valence electrons. The fourth-order valence-corrected chi connectivity index (χ4v) is 11.1. The lowest BCUT2D eigenvalue weighted by molar-refractivity contribution is -0.870. The van der Waals surface area contributed by atoms with E-state index in [2.05, 4.69) is 184 Å². The number of carbonyl (C=O) groups is 2. The van der Waals surface area contributed by atoms with E-state index in [0.29, 0.717) is 17.4 Å². The molecule has 0 radical (unpaired) electrons. The summed E-state index contributed by atoms with van der Waals surface area (Å²) in [7, 11) is 1.46. The molecule has 0 aromatic rings. The summed E-state index contributed by atoms with van der Waals surface area (Å²) in [5, 5.41) is 0. The van der Waals surface area contributed by atoms with Gasteiger partial charge in [0, 0.05) is 12.8 Å². The number of likely N-dealkylation sites (N-methyl/N-ethyl adjacent to an activating group) is 1. The molecule has 0 bridgehead atoms. The molecule has 0 spiro atoms. The molecule has 0 heterocycles. The molecular formula is C86H145NO8P+. The van der Waals surface area contributed by atoms with Crippen LogP contribution >= 0.6 is 7.82 Å². The van der Waals surface area contributed by atoms with Gasteiger partial charge in [0.2, 0.25) is 0 Å². The van der Waals surface area contributed by atoms with Crippen molar-refractivity contribution in [2.75, 3.05) is 47.5 Å². The molecule has 0 amide bonds. The van der Waals surface area contributed by atoms with Gasteiger partial charge in [-0.15, -0.1) is 0 Å². The molecule has 0 aliphatic rings. The number of unbranched alkanes of at least 4 members (excludes halogenated alkanes) is 28. The number of allylic oxidation sites excluding steroid dienone is 28. The maximum Gasteiger partial charge on any atom is 0.472 e. The number of nitrogens with zero attached hydrogens (tertiary/aromatic N) is 1. The Balaban J connectivity index is 4.03. The van der Waals surface area contributed by atoms with Crippen molar-refractivity contribution in [2.24, 2.45) is 0 Å². The summed E-state index contributed by atoms with van der Waals surface area (Å²) in [6.07, 6.45) is 113. The molecule has 0 aliphatic heterocycles.